The Morgan fingerprint density at radius 1 is 1.18 bits per heavy atom. The zero-order chi connectivity index (χ0) is 12.5. The molecular weight excluding hydrogens is 210 g/mol. The maximum Gasteiger partial charge on any atom is 0.0774 e. The van der Waals surface area contributed by atoms with E-state index in [0.717, 1.165) is 19.4 Å². The van der Waals surface area contributed by atoms with Crippen molar-refractivity contribution < 1.29 is 5.11 Å². The molecule has 0 aromatic heterocycles. The zero-order valence-corrected chi connectivity index (χ0v) is 11.8. The van der Waals surface area contributed by atoms with Gasteiger partial charge in [-0.15, -0.1) is 0 Å². The summed E-state index contributed by atoms with van der Waals surface area (Å²) in [6.07, 6.45) is 8.37. The molecule has 17 heavy (non-hydrogen) atoms. The van der Waals surface area contributed by atoms with Crippen LogP contribution in [0.1, 0.15) is 65.7 Å². The lowest BCUT2D eigenvalue weighted by atomic mass is 9.78. The Labute approximate surface area is 106 Å². The normalized spacial score (nSPS) is 41.6. The third-order valence-corrected chi connectivity index (χ3v) is 5.00. The first-order chi connectivity index (χ1) is 7.91. The average molecular weight is 239 g/mol. The van der Waals surface area contributed by atoms with Crippen molar-refractivity contribution in [1.82, 2.24) is 5.32 Å². The third-order valence-electron chi connectivity index (χ3n) is 5.00. The van der Waals surface area contributed by atoms with Crippen LogP contribution in [-0.2, 0) is 0 Å². The molecule has 2 heteroatoms. The smallest absolute Gasteiger partial charge is 0.0774 e. The molecule has 0 amide bonds. The number of hydrogen-bond donors (Lipinski definition) is 2. The van der Waals surface area contributed by atoms with Gasteiger partial charge in [0.05, 0.1) is 5.60 Å². The minimum absolute atomic E-state index is 0.413. The van der Waals surface area contributed by atoms with Crippen molar-refractivity contribution in [3.8, 4) is 0 Å². The number of hydrogen-bond acceptors (Lipinski definition) is 2. The van der Waals surface area contributed by atoms with Gasteiger partial charge in [-0.05, 0) is 37.0 Å². The van der Waals surface area contributed by atoms with Crippen LogP contribution in [0.15, 0.2) is 0 Å². The van der Waals surface area contributed by atoms with E-state index in [9.17, 15) is 5.11 Å². The number of aliphatic hydroxyl groups is 1. The summed E-state index contributed by atoms with van der Waals surface area (Å²) in [5, 5.41) is 14.3. The Hall–Kier alpha value is -0.0800. The Kier molecular flexibility index (Phi) is 3.84. The van der Waals surface area contributed by atoms with Gasteiger partial charge in [0.1, 0.15) is 0 Å². The molecule has 2 aliphatic rings. The first-order valence-corrected chi connectivity index (χ1v) is 7.37. The summed E-state index contributed by atoms with van der Waals surface area (Å²) in [5.41, 5.74) is -0.0209. The molecule has 2 N–H and O–H groups in total. The van der Waals surface area contributed by atoms with Gasteiger partial charge in [0, 0.05) is 12.6 Å². The maximum absolute atomic E-state index is 10.6. The highest BCUT2D eigenvalue weighted by Crippen LogP contribution is 2.38. The fourth-order valence-electron chi connectivity index (χ4n) is 3.81. The van der Waals surface area contributed by atoms with Crippen LogP contribution in [0.3, 0.4) is 0 Å². The number of rotatable bonds is 3. The number of nitrogens with one attached hydrogen (secondary N) is 1. The molecule has 2 aliphatic carbocycles. The Morgan fingerprint density at radius 2 is 1.88 bits per heavy atom. The largest absolute Gasteiger partial charge is 0.389 e. The minimum Gasteiger partial charge on any atom is -0.389 e. The molecule has 3 unspecified atom stereocenters. The van der Waals surface area contributed by atoms with Crippen molar-refractivity contribution in [2.75, 3.05) is 6.54 Å². The van der Waals surface area contributed by atoms with E-state index < -0.39 is 5.60 Å². The van der Waals surface area contributed by atoms with Gasteiger partial charge in [-0.3, -0.25) is 0 Å². The molecular formula is C15H29NO. The van der Waals surface area contributed by atoms with E-state index in [1.54, 1.807) is 0 Å². The first kappa shape index (κ1) is 13.4. The molecule has 0 aromatic rings. The molecule has 2 saturated carbocycles. The topological polar surface area (TPSA) is 32.3 Å². The van der Waals surface area contributed by atoms with Crippen molar-refractivity contribution in [1.29, 1.82) is 0 Å². The summed E-state index contributed by atoms with van der Waals surface area (Å²) in [6, 6.07) is 0.601. The summed E-state index contributed by atoms with van der Waals surface area (Å²) in [6.45, 7) is 7.77. The lowest BCUT2D eigenvalue weighted by Gasteiger charge is -2.38. The molecule has 0 saturated heterocycles. The SMILES string of the molecule is CC1CCCC(O)(CNC2CCCC2(C)C)C1. The highest BCUT2D eigenvalue weighted by molar-refractivity contribution is 4.94. The van der Waals surface area contributed by atoms with Crippen molar-refractivity contribution in [3.05, 3.63) is 0 Å². The lowest BCUT2D eigenvalue weighted by Crippen LogP contribution is -2.49. The van der Waals surface area contributed by atoms with Gasteiger partial charge in [0.15, 0.2) is 0 Å². The fraction of sp³-hybridized carbons (Fsp3) is 1.00. The lowest BCUT2D eigenvalue weighted by molar-refractivity contribution is -0.0159. The molecule has 0 bridgehead atoms. The van der Waals surface area contributed by atoms with Crippen LogP contribution < -0.4 is 5.32 Å². The van der Waals surface area contributed by atoms with Gasteiger partial charge in [-0.1, -0.05) is 40.0 Å². The molecule has 100 valence electrons. The predicted octanol–water partition coefficient (Wildman–Crippen LogP) is 3.10. The van der Waals surface area contributed by atoms with Gasteiger partial charge in [0.25, 0.3) is 0 Å². The molecule has 2 fully saturated rings. The van der Waals surface area contributed by atoms with Crippen LogP contribution in [0.4, 0.5) is 0 Å². The second-order valence-corrected chi connectivity index (χ2v) is 7.24. The van der Waals surface area contributed by atoms with Crippen molar-refractivity contribution >= 4 is 0 Å². The predicted molar refractivity (Wildman–Crippen MR) is 72.0 cm³/mol. The van der Waals surface area contributed by atoms with Crippen LogP contribution in [0, 0.1) is 11.3 Å². The van der Waals surface area contributed by atoms with Crippen LogP contribution in [0.5, 0.6) is 0 Å². The quantitative estimate of drug-likeness (QED) is 0.793. The van der Waals surface area contributed by atoms with Gasteiger partial charge in [-0.25, -0.2) is 0 Å². The molecule has 0 aromatic carbocycles. The molecule has 3 atom stereocenters. The van der Waals surface area contributed by atoms with E-state index in [-0.39, 0.29) is 0 Å². The third kappa shape index (κ3) is 3.23. The minimum atomic E-state index is -0.434. The fourth-order valence-corrected chi connectivity index (χ4v) is 3.81. The maximum atomic E-state index is 10.6. The van der Waals surface area contributed by atoms with E-state index in [4.69, 9.17) is 0 Å². The molecule has 0 heterocycles. The van der Waals surface area contributed by atoms with E-state index >= 15 is 0 Å². The summed E-state index contributed by atoms with van der Waals surface area (Å²) < 4.78 is 0. The van der Waals surface area contributed by atoms with Gasteiger partial charge < -0.3 is 10.4 Å². The molecule has 2 rings (SSSR count). The van der Waals surface area contributed by atoms with Crippen LogP contribution >= 0.6 is 0 Å². The summed E-state index contributed by atoms with van der Waals surface area (Å²) in [4.78, 5) is 0. The average Bonchev–Trinajstić information content (AvgIpc) is 2.54. The molecule has 0 radical (unpaired) electrons. The van der Waals surface area contributed by atoms with Crippen molar-refractivity contribution in [3.63, 3.8) is 0 Å². The zero-order valence-electron chi connectivity index (χ0n) is 11.8. The van der Waals surface area contributed by atoms with E-state index in [0.29, 0.717) is 17.4 Å². The van der Waals surface area contributed by atoms with E-state index in [1.807, 2.05) is 0 Å². The molecule has 0 spiro atoms. The monoisotopic (exact) mass is 239 g/mol. The Balaban J connectivity index is 1.85. The standard InChI is InChI=1S/C15H29NO/c1-12-6-4-9-15(17,10-12)11-16-13-7-5-8-14(13,2)3/h12-13,16-17H,4-11H2,1-3H3. The van der Waals surface area contributed by atoms with E-state index in [2.05, 4.69) is 26.1 Å². The van der Waals surface area contributed by atoms with Crippen LogP contribution in [-0.4, -0.2) is 23.3 Å². The highest BCUT2D eigenvalue weighted by atomic mass is 16.3. The van der Waals surface area contributed by atoms with Gasteiger partial charge in [-0.2, -0.15) is 0 Å². The van der Waals surface area contributed by atoms with Crippen molar-refractivity contribution in [2.24, 2.45) is 11.3 Å². The summed E-state index contributed by atoms with van der Waals surface area (Å²) >= 11 is 0. The van der Waals surface area contributed by atoms with Crippen molar-refractivity contribution in [2.45, 2.75) is 77.4 Å². The van der Waals surface area contributed by atoms with Gasteiger partial charge in [0.2, 0.25) is 0 Å². The van der Waals surface area contributed by atoms with Crippen LogP contribution in [0.2, 0.25) is 0 Å². The second-order valence-electron chi connectivity index (χ2n) is 7.24. The second kappa shape index (κ2) is 4.89. The summed E-state index contributed by atoms with van der Waals surface area (Å²) in [7, 11) is 0. The van der Waals surface area contributed by atoms with Gasteiger partial charge >= 0.3 is 0 Å². The first-order valence-electron chi connectivity index (χ1n) is 7.37. The summed E-state index contributed by atoms with van der Waals surface area (Å²) in [5.74, 6) is 0.687. The van der Waals surface area contributed by atoms with E-state index in [1.165, 1.54) is 32.1 Å². The molecule has 2 nitrogen and oxygen atoms in total. The molecule has 0 aliphatic heterocycles. The van der Waals surface area contributed by atoms with Crippen LogP contribution in [0.25, 0.3) is 0 Å². The highest BCUT2D eigenvalue weighted by Gasteiger charge is 2.37. The Bertz CT molecular complexity index is 264. The Morgan fingerprint density at radius 3 is 2.47 bits per heavy atom.